The Morgan fingerprint density at radius 1 is 1.36 bits per heavy atom. The van der Waals surface area contributed by atoms with E-state index in [4.69, 9.17) is 4.74 Å². The van der Waals surface area contributed by atoms with Crippen molar-refractivity contribution in [1.82, 2.24) is 5.32 Å². The van der Waals surface area contributed by atoms with Gasteiger partial charge in [-0.3, -0.25) is 0 Å². The molecule has 1 aromatic rings. The lowest BCUT2D eigenvalue weighted by molar-refractivity contribution is 0.192. The highest BCUT2D eigenvalue weighted by Crippen LogP contribution is 2.12. The minimum atomic E-state index is 0.874. The normalized spacial score (nSPS) is 10.7. The van der Waals surface area contributed by atoms with Crippen LogP contribution in [0.3, 0.4) is 0 Å². The van der Waals surface area contributed by atoms with Crippen LogP contribution in [0.15, 0.2) is 10.8 Å². The maximum Gasteiger partial charge on any atom is 0.0462 e. The van der Waals surface area contributed by atoms with Gasteiger partial charge in [0.1, 0.15) is 0 Å². The van der Waals surface area contributed by atoms with Crippen molar-refractivity contribution in [2.45, 2.75) is 26.3 Å². The van der Waals surface area contributed by atoms with Crippen LogP contribution in [0.1, 0.15) is 24.0 Å². The molecular formula is C11H19NOS. The van der Waals surface area contributed by atoms with E-state index < -0.39 is 0 Å². The van der Waals surface area contributed by atoms with E-state index in [2.05, 4.69) is 23.0 Å². The van der Waals surface area contributed by atoms with Gasteiger partial charge in [-0.05, 0) is 48.2 Å². The summed E-state index contributed by atoms with van der Waals surface area (Å²) in [4.78, 5) is 0. The summed E-state index contributed by atoms with van der Waals surface area (Å²) in [6.45, 7) is 5.12. The molecule has 1 heterocycles. The summed E-state index contributed by atoms with van der Waals surface area (Å²) < 4.78 is 4.99. The first kappa shape index (κ1) is 11.7. The third-order valence-electron chi connectivity index (χ3n) is 2.23. The van der Waals surface area contributed by atoms with E-state index in [0.717, 1.165) is 26.1 Å². The molecule has 0 saturated carbocycles. The zero-order valence-electron chi connectivity index (χ0n) is 9.01. The Kier molecular flexibility index (Phi) is 5.83. The standard InChI is InChI=1S/C11H19NOS/c1-10-8-14-9-11(10)7-12-5-3-4-6-13-2/h8-9,12H,3-7H2,1-2H3. The molecule has 0 spiro atoms. The molecule has 1 N–H and O–H groups in total. The lowest BCUT2D eigenvalue weighted by atomic mass is 10.2. The lowest BCUT2D eigenvalue weighted by Crippen LogP contribution is -2.15. The van der Waals surface area contributed by atoms with Crippen LogP contribution in [0.25, 0.3) is 0 Å². The second-order valence-corrected chi connectivity index (χ2v) is 4.20. The maximum atomic E-state index is 4.99. The van der Waals surface area contributed by atoms with Gasteiger partial charge in [0.05, 0.1) is 0 Å². The molecule has 0 aliphatic carbocycles. The molecule has 0 fully saturated rings. The summed E-state index contributed by atoms with van der Waals surface area (Å²) in [7, 11) is 1.75. The van der Waals surface area contributed by atoms with Crippen molar-refractivity contribution in [1.29, 1.82) is 0 Å². The van der Waals surface area contributed by atoms with Crippen molar-refractivity contribution in [2.24, 2.45) is 0 Å². The van der Waals surface area contributed by atoms with Crippen LogP contribution in [-0.4, -0.2) is 20.3 Å². The molecule has 14 heavy (non-hydrogen) atoms. The number of rotatable bonds is 7. The first-order valence-corrected chi connectivity index (χ1v) is 6.00. The number of aryl methyl sites for hydroxylation is 1. The smallest absolute Gasteiger partial charge is 0.0462 e. The number of methoxy groups -OCH3 is 1. The minimum Gasteiger partial charge on any atom is -0.385 e. The van der Waals surface area contributed by atoms with E-state index in [9.17, 15) is 0 Å². The largest absolute Gasteiger partial charge is 0.385 e. The maximum absolute atomic E-state index is 4.99. The Hall–Kier alpha value is -0.380. The fourth-order valence-electron chi connectivity index (χ4n) is 1.29. The summed E-state index contributed by atoms with van der Waals surface area (Å²) in [5, 5.41) is 7.85. The van der Waals surface area contributed by atoms with Crippen LogP contribution in [0.4, 0.5) is 0 Å². The fraction of sp³-hybridized carbons (Fsp3) is 0.636. The number of hydrogen-bond donors (Lipinski definition) is 1. The van der Waals surface area contributed by atoms with Crippen molar-refractivity contribution in [3.8, 4) is 0 Å². The quantitative estimate of drug-likeness (QED) is 0.703. The summed E-state index contributed by atoms with van der Waals surface area (Å²) in [6, 6.07) is 0. The average Bonchev–Trinajstić information content (AvgIpc) is 2.58. The molecule has 0 amide bonds. The van der Waals surface area contributed by atoms with Crippen molar-refractivity contribution in [3.05, 3.63) is 21.9 Å². The molecule has 0 unspecified atom stereocenters. The average molecular weight is 213 g/mol. The number of hydrogen-bond acceptors (Lipinski definition) is 3. The second kappa shape index (κ2) is 6.98. The van der Waals surface area contributed by atoms with Gasteiger partial charge in [0.25, 0.3) is 0 Å². The van der Waals surface area contributed by atoms with Crippen LogP contribution in [0.5, 0.6) is 0 Å². The van der Waals surface area contributed by atoms with Crippen molar-refractivity contribution in [3.63, 3.8) is 0 Å². The van der Waals surface area contributed by atoms with E-state index in [0.29, 0.717) is 0 Å². The van der Waals surface area contributed by atoms with Gasteiger partial charge in [-0.2, -0.15) is 11.3 Å². The summed E-state index contributed by atoms with van der Waals surface area (Å²) in [5.41, 5.74) is 2.83. The van der Waals surface area contributed by atoms with Crippen molar-refractivity contribution in [2.75, 3.05) is 20.3 Å². The number of ether oxygens (including phenoxy) is 1. The minimum absolute atomic E-state index is 0.874. The molecule has 0 aliphatic heterocycles. The Balaban J connectivity index is 2.02. The SMILES string of the molecule is COCCCCNCc1cscc1C. The highest BCUT2D eigenvalue weighted by atomic mass is 32.1. The van der Waals surface area contributed by atoms with E-state index in [1.165, 1.54) is 17.5 Å². The molecule has 0 atom stereocenters. The highest BCUT2D eigenvalue weighted by molar-refractivity contribution is 7.08. The summed E-state index contributed by atoms with van der Waals surface area (Å²) in [6.07, 6.45) is 2.34. The molecule has 0 aliphatic rings. The van der Waals surface area contributed by atoms with E-state index in [1.54, 1.807) is 18.4 Å². The third kappa shape index (κ3) is 4.22. The van der Waals surface area contributed by atoms with E-state index in [-0.39, 0.29) is 0 Å². The molecule has 80 valence electrons. The molecule has 1 aromatic heterocycles. The predicted octanol–water partition coefficient (Wildman–Crippen LogP) is 2.57. The van der Waals surface area contributed by atoms with Gasteiger partial charge in [-0.25, -0.2) is 0 Å². The van der Waals surface area contributed by atoms with Crippen LogP contribution in [0, 0.1) is 6.92 Å². The predicted molar refractivity (Wildman–Crippen MR) is 61.9 cm³/mol. The molecule has 3 heteroatoms. The second-order valence-electron chi connectivity index (χ2n) is 3.46. The first-order chi connectivity index (χ1) is 6.84. The van der Waals surface area contributed by atoms with Gasteiger partial charge in [-0.1, -0.05) is 0 Å². The van der Waals surface area contributed by atoms with Gasteiger partial charge in [0.15, 0.2) is 0 Å². The molecule has 0 radical (unpaired) electrons. The van der Waals surface area contributed by atoms with Gasteiger partial charge >= 0.3 is 0 Å². The molecule has 2 nitrogen and oxygen atoms in total. The van der Waals surface area contributed by atoms with Crippen LogP contribution in [0.2, 0.25) is 0 Å². The molecular weight excluding hydrogens is 194 g/mol. The molecule has 0 saturated heterocycles. The Bertz CT molecular complexity index is 247. The van der Waals surface area contributed by atoms with E-state index >= 15 is 0 Å². The molecule has 0 aromatic carbocycles. The topological polar surface area (TPSA) is 21.3 Å². The highest BCUT2D eigenvalue weighted by Gasteiger charge is 1.97. The first-order valence-electron chi connectivity index (χ1n) is 5.06. The molecule has 0 bridgehead atoms. The van der Waals surface area contributed by atoms with Gasteiger partial charge in [0.2, 0.25) is 0 Å². The van der Waals surface area contributed by atoms with Crippen LogP contribution >= 0.6 is 11.3 Å². The monoisotopic (exact) mass is 213 g/mol. The zero-order valence-corrected chi connectivity index (χ0v) is 9.82. The number of thiophene rings is 1. The number of nitrogens with one attached hydrogen (secondary N) is 1. The Labute approximate surface area is 90.3 Å². The Morgan fingerprint density at radius 3 is 2.86 bits per heavy atom. The number of unbranched alkanes of at least 4 members (excludes halogenated alkanes) is 1. The Morgan fingerprint density at radius 2 is 2.21 bits per heavy atom. The van der Waals surface area contributed by atoms with E-state index in [1.807, 2.05) is 0 Å². The van der Waals surface area contributed by atoms with Crippen molar-refractivity contribution < 1.29 is 4.74 Å². The summed E-state index contributed by atoms with van der Waals surface area (Å²) >= 11 is 1.78. The lowest BCUT2D eigenvalue weighted by Gasteiger charge is -2.03. The third-order valence-corrected chi connectivity index (χ3v) is 3.14. The van der Waals surface area contributed by atoms with Crippen LogP contribution < -0.4 is 5.32 Å². The van der Waals surface area contributed by atoms with Crippen molar-refractivity contribution >= 4 is 11.3 Å². The van der Waals surface area contributed by atoms with Gasteiger partial charge < -0.3 is 10.1 Å². The van der Waals surface area contributed by atoms with Crippen LogP contribution in [-0.2, 0) is 11.3 Å². The van der Waals surface area contributed by atoms with Gasteiger partial charge in [0, 0.05) is 20.3 Å². The summed E-state index contributed by atoms with van der Waals surface area (Å²) in [5.74, 6) is 0. The zero-order chi connectivity index (χ0) is 10.2. The van der Waals surface area contributed by atoms with Gasteiger partial charge in [-0.15, -0.1) is 0 Å². The fourth-order valence-corrected chi connectivity index (χ4v) is 2.14. The molecule has 1 rings (SSSR count).